The Hall–Kier alpha value is -0.460. The smallest absolute Gasteiger partial charge is 0.0588 e. The Morgan fingerprint density at radius 1 is 1.20 bits per heavy atom. The molecule has 1 radical (unpaired) electrons. The van der Waals surface area contributed by atoms with Crippen LogP contribution in [0.1, 0.15) is 13.8 Å². The third-order valence-electron chi connectivity index (χ3n) is 0.809. The largest absolute Gasteiger partial charge is 0.255 e. The molecule has 1 aliphatic heterocycles. The summed E-state index contributed by atoms with van der Waals surface area (Å²) in [6, 6.07) is 0. The zero-order valence-electron chi connectivity index (χ0n) is 3.45. The van der Waals surface area contributed by atoms with Crippen LogP contribution in [0.15, 0.2) is 11.4 Å². The zero-order chi connectivity index (χ0) is 3.86. The van der Waals surface area contributed by atoms with Crippen LogP contribution in [0.3, 0.4) is 0 Å². The van der Waals surface area contributed by atoms with Crippen LogP contribution >= 0.6 is 0 Å². The molecule has 0 aliphatic carbocycles. The van der Waals surface area contributed by atoms with Crippen molar-refractivity contribution in [1.29, 1.82) is 0 Å². The van der Waals surface area contributed by atoms with Gasteiger partial charge in [0, 0.05) is 0 Å². The molecule has 1 heteroatoms. The second-order valence-electron chi connectivity index (χ2n) is 1.28. The Bertz CT molecular complexity index is 71.6. The Morgan fingerprint density at radius 2 is 1.40 bits per heavy atom. The van der Waals surface area contributed by atoms with E-state index in [2.05, 4.69) is 5.32 Å². The topological polar surface area (TPSA) is 14.1 Å². The Balaban J connectivity index is 2.59. The maximum atomic E-state index is 3.89. The number of rotatable bonds is 0. The van der Waals surface area contributed by atoms with E-state index < -0.39 is 0 Å². The van der Waals surface area contributed by atoms with Gasteiger partial charge in [-0.25, -0.2) is 0 Å². The summed E-state index contributed by atoms with van der Waals surface area (Å²) in [5.41, 5.74) is 2.43. The van der Waals surface area contributed by atoms with Gasteiger partial charge in [-0.05, 0) is 13.8 Å². The van der Waals surface area contributed by atoms with Crippen LogP contribution in [-0.4, -0.2) is 0 Å². The Kier molecular flexibility index (Phi) is 0.295. The van der Waals surface area contributed by atoms with Crippen molar-refractivity contribution >= 4 is 0 Å². The van der Waals surface area contributed by atoms with E-state index in [0.717, 1.165) is 0 Å². The molecule has 0 saturated heterocycles. The molecule has 1 nitrogen and oxygen atoms in total. The van der Waals surface area contributed by atoms with Gasteiger partial charge in [0.2, 0.25) is 0 Å². The quantitative estimate of drug-likeness (QED) is 0.399. The lowest BCUT2D eigenvalue weighted by atomic mass is 10.6. The molecule has 0 spiro atoms. The molecule has 0 saturated carbocycles. The van der Waals surface area contributed by atoms with Crippen molar-refractivity contribution in [2.45, 2.75) is 13.8 Å². The molecule has 27 valence electrons. The van der Waals surface area contributed by atoms with Crippen LogP contribution in [0.2, 0.25) is 0 Å². The van der Waals surface area contributed by atoms with Gasteiger partial charge in [0.05, 0.1) is 11.4 Å². The Labute approximate surface area is 31.7 Å². The average molecular weight is 68.1 g/mol. The summed E-state index contributed by atoms with van der Waals surface area (Å²) in [6.45, 7) is 4.02. The fourth-order valence-corrected chi connectivity index (χ4v) is 0.224. The minimum Gasteiger partial charge on any atom is -0.255 e. The van der Waals surface area contributed by atoms with Crippen molar-refractivity contribution in [1.82, 2.24) is 5.32 Å². The van der Waals surface area contributed by atoms with E-state index >= 15 is 0 Å². The molecule has 0 N–H and O–H groups in total. The summed E-state index contributed by atoms with van der Waals surface area (Å²) in [4.78, 5) is 0. The minimum absolute atomic E-state index is 1.21. The lowest BCUT2D eigenvalue weighted by Crippen LogP contribution is -1.57. The predicted molar refractivity (Wildman–Crippen MR) is 20.5 cm³/mol. The molecule has 0 atom stereocenters. The van der Waals surface area contributed by atoms with Crippen molar-refractivity contribution < 1.29 is 0 Å². The van der Waals surface area contributed by atoms with Crippen molar-refractivity contribution in [2.75, 3.05) is 0 Å². The fourth-order valence-electron chi connectivity index (χ4n) is 0.224. The molecule has 0 amide bonds. The average Bonchev–Trinajstić information content (AvgIpc) is 1.79. The van der Waals surface area contributed by atoms with Crippen molar-refractivity contribution in [3.8, 4) is 0 Å². The van der Waals surface area contributed by atoms with Gasteiger partial charge in [0.15, 0.2) is 0 Å². The van der Waals surface area contributed by atoms with Crippen LogP contribution in [0, 0.1) is 0 Å². The maximum absolute atomic E-state index is 3.89. The molecule has 0 aromatic rings. The molecule has 5 heavy (non-hydrogen) atoms. The van der Waals surface area contributed by atoms with Crippen LogP contribution in [0.5, 0.6) is 0 Å². The van der Waals surface area contributed by atoms with E-state index in [9.17, 15) is 0 Å². The third-order valence-corrected chi connectivity index (χ3v) is 0.809. The van der Waals surface area contributed by atoms with E-state index in [1.807, 2.05) is 13.8 Å². The first-order chi connectivity index (χ1) is 2.30. The molecule has 0 bridgehead atoms. The normalized spacial score (nSPS) is 18.8. The van der Waals surface area contributed by atoms with Crippen LogP contribution < -0.4 is 5.32 Å². The van der Waals surface area contributed by atoms with Crippen LogP contribution in [0.4, 0.5) is 0 Å². The van der Waals surface area contributed by atoms with E-state index in [-0.39, 0.29) is 0 Å². The summed E-state index contributed by atoms with van der Waals surface area (Å²) in [5, 5.41) is 3.89. The summed E-state index contributed by atoms with van der Waals surface area (Å²) < 4.78 is 0. The molecule has 0 fully saturated rings. The molecule has 0 unspecified atom stereocenters. The molecular formula is C4H6N. The highest BCUT2D eigenvalue weighted by Gasteiger charge is 2.09. The number of nitrogens with zero attached hydrogens (tertiary/aromatic N) is 1. The van der Waals surface area contributed by atoms with E-state index in [0.29, 0.717) is 0 Å². The van der Waals surface area contributed by atoms with Gasteiger partial charge in [-0.2, -0.15) is 0 Å². The van der Waals surface area contributed by atoms with Gasteiger partial charge in [-0.3, -0.25) is 5.32 Å². The maximum Gasteiger partial charge on any atom is 0.0588 e. The van der Waals surface area contributed by atoms with E-state index in [1.165, 1.54) is 11.4 Å². The van der Waals surface area contributed by atoms with Gasteiger partial charge in [0.25, 0.3) is 0 Å². The molecule has 1 rings (SSSR count). The van der Waals surface area contributed by atoms with Gasteiger partial charge in [0.1, 0.15) is 0 Å². The van der Waals surface area contributed by atoms with Crippen molar-refractivity contribution in [3.05, 3.63) is 11.4 Å². The minimum atomic E-state index is 1.21. The summed E-state index contributed by atoms with van der Waals surface area (Å²) in [7, 11) is 0. The monoisotopic (exact) mass is 68.1 g/mol. The van der Waals surface area contributed by atoms with Gasteiger partial charge in [-0.1, -0.05) is 0 Å². The predicted octanol–water partition coefficient (Wildman–Crippen LogP) is 0.856. The van der Waals surface area contributed by atoms with E-state index in [1.54, 1.807) is 0 Å². The highest BCUT2D eigenvalue weighted by Crippen LogP contribution is 2.13. The van der Waals surface area contributed by atoms with Gasteiger partial charge in [-0.15, -0.1) is 0 Å². The number of hydrogen-bond donors (Lipinski definition) is 0. The van der Waals surface area contributed by atoms with Crippen molar-refractivity contribution in [3.63, 3.8) is 0 Å². The second kappa shape index (κ2) is 0.534. The highest BCUT2D eigenvalue weighted by atomic mass is 15.0. The fraction of sp³-hybridized carbons (Fsp3) is 0.500. The van der Waals surface area contributed by atoms with Crippen molar-refractivity contribution in [2.24, 2.45) is 0 Å². The molecule has 1 heterocycles. The van der Waals surface area contributed by atoms with E-state index in [4.69, 9.17) is 0 Å². The number of hydrogen-bond acceptors (Lipinski definition) is 0. The molecule has 1 aliphatic rings. The first kappa shape index (κ1) is 2.76. The highest BCUT2D eigenvalue weighted by molar-refractivity contribution is 5.23. The van der Waals surface area contributed by atoms with Crippen LogP contribution in [-0.2, 0) is 0 Å². The van der Waals surface area contributed by atoms with Gasteiger partial charge >= 0.3 is 0 Å². The Morgan fingerprint density at radius 3 is 1.40 bits per heavy atom. The summed E-state index contributed by atoms with van der Waals surface area (Å²) >= 11 is 0. The lowest BCUT2D eigenvalue weighted by Gasteiger charge is -1.51. The molecular weight excluding hydrogens is 62.1 g/mol. The zero-order valence-corrected chi connectivity index (χ0v) is 3.45. The summed E-state index contributed by atoms with van der Waals surface area (Å²) in [5.74, 6) is 0. The lowest BCUT2D eigenvalue weighted by molar-refractivity contribution is 1.23. The first-order valence-corrected chi connectivity index (χ1v) is 1.70. The standard InChI is InChI=1S/C4H6N/c1-3-4(2)5-3/h1-2H3. The molecule has 0 aromatic carbocycles. The second-order valence-corrected chi connectivity index (χ2v) is 1.28. The third kappa shape index (κ3) is 0.274. The SMILES string of the molecule is CC1=C(C)[N]1. The van der Waals surface area contributed by atoms with Gasteiger partial charge < -0.3 is 0 Å². The molecule has 0 aromatic heterocycles. The van der Waals surface area contributed by atoms with Crippen LogP contribution in [0.25, 0.3) is 0 Å². The number of allylic oxidation sites excluding steroid dienone is 2. The summed E-state index contributed by atoms with van der Waals surface area (Å²) in [6.07, 6.45) is 0. The first-order valence-electron chi connectivity index (χ1n) is 1.70.